The molecule has 3 aromatic rings. The highest BCUT2D eigenvalue weighted by Crippen LogP contribution is 2.24. The number of fused-ring (bicyclic) bond motifs is 1. The fourth-order valence-electron chi connectivity index (χ4n) is 2.80. The second-order valence-electron chi connectivity index (χ2n) is 6.18. The fraction of sp³-hybridized carbons (Fsp3) is 0.211. The molecule has 0 aliphatic heterocycles. The zero-order valence-electron chi connectivity index (χ0n) is 15.3. The average molecular weight is 417 g/mol. The van der Waals surface area contributed by atoms with E-state index < -0.39 is 28.5 Å². The van der Waals surface area contributed by atoms with Gasteiger partial charge in [0.2, 0.25) is 10.0 Å². The summed E-state index contributed by atoms with van der Waals surface area (Å²) in [5.41, 5.74) is 1.78. The maximum atomic E-state index is 12.6. The molecule has 29 heavy (non-hydrogen) atoms. The summed E-state index contributed by atoms with van der Waals surface area (Å²) >= 11 is 0. The number of imidazole rings is 1. The van der Waals surface area contributed by atoms with E-state index in [1.807, 2.05) is 28.8 Å². The van der Waals surface area contributed by atoms with Crippen LogP contribution in [0.4, 0.5) is 0 Å². The van der Waals surface area contributed by atoms with E-state index in [0.29, 0.717) is 6.54 Å². The van der Waals surface area contributed by atoms with Crippen LogP contribution in [-0.4, -0.2) is 48.0 Å². The average Bonchev–Trinajstić information content (AvgIpc) is 3.10. The molecule has 0 amide bonds. The summed E-state index contributed by atoms with van der Waals surface area (Å²) in [7, 11) is -4.16. The van der Waals surface area contributed by atoms with Gasteiger partial charge < -0.3 is 19.2 Å². The molecular formula is C19H19N3O6S. The van der Waals surface area contributed by atoms with Crippen molar-refractivity contribution in [3.63, 3.8) is 0 Å². The van der Waals surface area contributed by atoms with Crippen LogP contribution in [0.5, 0.6) is 5.75 Å². The Kier molecular flexibility index (Phi) is 6.25. The van der Waals surface area contributed by atoms with Crippen LogP contribution in [0.15, 0.2) is 59.8 Å². The number of aromatic nitrogens is 2. The number of nitrogens with one attached hydrogen (secondary N) is 1. The van der Waals surface area contributed by atoms with Gasteiger partial charge in [0.25, 0.3) is 0 Å². The highest BCUT2D eigenvalue weighted by molar-refractivity contribution is 7.89. The highest BCUT2D eigenvalue weighted by atomic mass is 32.2. The molecule has 1 atom stereocenters. The number of aliphatic carboxylic acids is 1. The first-order valence-corrected chi connectivity index (χ1v) is 10.2. The predicted octanol–water partition coefficient (Wildman–Crippen LogP) is 1.44. The van der Waals surface area contributed by atoms with E-state index in [9.17, 15) is 18.0 Å². The number of nitrogens with zero attached hydrogens (tertiary/aromatic N) is 2. The summed E-state index contributed by atoms with van der Waals surface area (Å²) in [4.78, 5) is 25.9. The van der Waals surface area contributed by atoms with E-state index in [-0.39, 0.29) is 23.5 Å². The van der Waals surface area contributed by atoms with Gasteiger partial charge in [0.05, 0.1) is 36.4 Å². The fourth-order valence-corrected chi connectivity index (χ4v) is 4.12. The summed E-state index contributed by atoms with van der Waals surface area (Å²) in [6, 6.07) is 12.2. The summed E-state index contributed by atoms with van der Waals surface area (Å²) in [6.45, 7) is 0.622. The smallest absolute Gasteiger partial charge is 0.305 e. The molecule has 0 spiro atoms. The quantitative estimate of drug-likeness (QED) is 0.478. The Hall–Kier alpha value is -3.24. The van der Waals surface area contributed by atoms with Gasteiger partial charge in [0.15, 0.2) is 0 Å². The van der Waals surface area contributed by atoms with Crippen molar-refractivity contribution in [2.24, 2.45) is 0 Å². The number of sulfonamides is 1. The Bertz CT molecular complexity index is 1130. The Morgan fingerprint density at radius 2 is 1.93 bits per heavy atom. The molecule has 3 rings (SSSR count). The van der Waals surface area contributed by atoms with Crippen LogP contribution < -0.4 is 9.46 Å². The van der Waals surface area contributed by atoms with Crippen LogP contribution in [0.1, 0.15) is 6.42 Å². The molecule has 0 radical (unpaired) electrons. The molecular weight excluding hydrogens is 398 g/mol. The van der Waals surface area contributed by atoms with E-state index in [0.717, 1.165) is 11.0 Å². The first-order valence-electron chi connectivity index (χ1n) is 8.72. The lowest BCUT2D eigenvalue weighted by atomic mass is 10.2. The zero-order valence-corrected chi connectivity index (χ0v) is 16.1. The molecule has 0 bridgehead atoms. The minimum atomic E-state index is -4.16. The van der Waals surface area contributed by atoms with Crippen molar-refractivity contribution in [3.05, 3.63) is 54.9 Å². The van der Waals surface area contributed by atoms with Gasteiger partial charge in [0.1, 0.15) is 23.5 Å². The molecule has 0 aliphatic rings. The number of carbonyl (C=O) groups excluding carboxylic acids is 1. The molecule has 1 heterocycles. The second kappa shape index (κ2) is 8.84. The van der Waals surface area contributed by atoms with Crippen molar-refractivity contribution in [3.8, 4) is 5.75 Å². The lowest BCUT2D eigenvalue weighted by Gasteiger charge is -2.15. The molecule has 9 nitrogen and oxygen atoms in total. The third-order valence-electron chi connectivity index (χ3n) is 4.12. The number of rotatable bonds is 10. The lowest BCUT2D eigenvalue weighted by molar-refractivity contribution is -0.138. The van der Waals surface area contributed by atoms with E-state index >= 15 is 0 Å². The Balaban J connectivity index is 1.73. The van der Waals surface area contributed by atoms with Crippen molar-refractivity contribution < 1.29 is 27.9 Å². The predicted molar refractivity (Wildman–Crippen MR) is 104 cm³/mol. The van der Waals surface area contributed by atoms with Gasteiger partial charge in [-0.25, -0.2) is 18.1 Å². The van der Waals surface area contributed by atoms with Crippen LogP contribution in [0, 0.1) is 0 Å². The maximum Gasteiger partial charge on any atom is 0.305 e. The number of carbonyl (C=O) groups is 2. The first kappa shape index (κ1) is 20.5. The van der Waals surface area contributed by atoms with E-state index in [2.05, 4.69) is 9.71 Å². The molecule has 1 aromatic heterocycles. The highest BCUT2D eigenvalue weighted by Gasteiger charge is 2.24. The first-order chi connectivity index (χ1) is 13.9. The largest absolute Gasteiger partial charge is 0.490 e. The Morgan fingerprint density at radius 3 is 2.69 bits per heavy atom. The normalized spacial score (nSPS) is 12.6. The van der Waals surface area contributed by atoms with Gasteiger partial charge in [0, 0.05) is 0 Å². The van der Waals surface area contributed by atoms with Crippen LogP contribution in [0.2, 0.25) is 0 Å². The molecule has 0 saturated heterocycles. The summed E-state index contributed by atoms with van der Waals surface area (Å²) in [6.07, 6.45) is 1.28. The van der Waals surface area contributed by atoms with Gasteiger partial charge in [-0.2, -0.15) is 0 Å². The van der Waals surface area contributed by atoms with Crippen molar-refractivity contribution in [2.45, 2.75) is 23.9 Å². The zero-order chi connectivity index (χ0) is 20.9. The summed E-state index contributed by atoms with van der Waals surface area (Å²) in [5.74, 6) is -1.19. The van der Waals surface area contributed by atoms with Gasteiger partial charge >= 0.3 is 5.97 Å². The van der Waals surface area contributed by atoms with E-state index in [4.69, 9.17) is 9.84 Å². The number of carboxylic acids is 1. The van der Waals surface area contributed by atoms with E-state index in [1.165, 1.54) is 18.2 Å². The Morgan fingerprint density at radius 1 is 1.21 bits per heavy atom. The van der Waals surface area contributed by atoms with Crippen LogP contribution in [-0.2, 0) is 26.2 Å². The van der Waals surface area contributed by atoms with Crippen LogP contribution in [0.25, 0.3) is 11.0 Å². The SMILES string of the molecule is O=CC(CC(=O)O)NS(=O)(=O)c1ccccc1OCCn1cnc2ccccc21. The number of para-hydroxylation sites is 3. The van der Waals surface area contributed by atoms with Crippen molar-refractivity contribution in [1.29, 1.82) is 0 Å². The molecule has 1 unspecified atom stereocenters. The third kappa shape index (κ3) is 4.98. The number of benzene rings is 2. The van der Waals surface area contributed by atoms with Crippen LogP contribution >= 0.6 is 0 Å². The third-order valence-corrected chi connectivity index (χ3v) is 5.65. The summed E-state index contributed by atoms with van der Waals surface area (Å²) < 4.78 is 34.9. The standard InChI is InChI=1S/C19H19N3O6S/c23-12-14(11-19(24)25)21-29(26,27)18-8-4-3-7-17(18)28-10-9-22-13-20-15-5-1-2-6-16(15)22/h1-8,12-14,21H,9-11H2,(H,24,25). The number of carboxylic acid groups (broad SMARTS) is 1. The molecule has 10 heteroatoms. The van der Waals surface area contributed by atoms with Crippen molar-refractivity contribution in [2.75, 3.05) is 6.61 Å². The molecule has 0 fully saturated rings. The molecule has 0 aliphatic carbocycles. The Labute approximate surface area is 167 Å². The van der Waals surface area contributed by atoms with Gasteiger partial charge in [-0.1, -0.05) is 24.3 Å². The molecule has 2 N–H and O–H groups in total. The minimum Gasteiger partial charge on any atom is -0.490 e. The van der Waals surface area contributed by atoms with Gasteiger partial charge in [-0.3, -0.25) is 4.79 Å². The van der Waals surface area contributed by atoms with Crippen molar-refractivity contribution in [1.82, 2.24) is 14.3 Å². The van der Waals surface area contributed by atoms with E-state index in [1.54, 1.807) is 12.4 Å². The minimum absolute atomic E-state index is 0.101. The van der Waals surface area contributed by atoms with Crippen molar-refractivity contribution >= 4 is 33.3 Å². The molecule has 0 saturated carbocycles. The second-order valence-corrected chi connectivity index (χ2v) is 7.87. The van der Waals surface area contributed by atoms with Gasteiger partial charge in [-0.05, 0) is 24.3 Å². The lowest BCUT2D eigenvalue weighted by Crippen LogP contribution is -2.37. The molecule has 152 valence electrons. The topological polar surface area (TPSA) is 128 Å². The van der Waals surface area contributed by atoms with Crippen LogP contribution in [0.3, 0.4) is 0 Å². The number of hydrogen-bond donors (Lipinski definition) is 2. The number of ether oxygens (including phenoxy) is 1. The number of aldehydes is 1. The maximum absolute atomic E-state index is 12.6. The number of hydrogen-bond acceptors (Lipinski definition) is 6. The molecule has 2 aromatic carbocycles. The monoisotopic (exact) mass is 417 g/mol. The summed E-state index contributed by atoms with van der Waals surface area (Å²) in [5, 5.41) is 8.79. The van der Waals surface area contributed by atoms with Gasteiger partial charge in [-0.15, -0.1) is 0 Å².